The number of rotatable bonds is 7. The van der Waals surface area contributed by atoms with Crippen LogP contribution in [0.25, 0.3) is 0 Å². The van der Waals surface area contributed by atoms with Crippen molar-refractivity contribution in [3.8, 4) is 0 Å². The van der Waals surface area contributed by atoms with Crippen molar-refractivity contribution >= 4 is 11.5 Å². The van der Waals surface area contributed by atoms with E-state index < -0.39 is 4.92 Å². The summed E-state index contributed by atoms with van der Waals surface area (Å²) in [5.41, 5.74) is 6.59. The van der Waals surface area contributed by atoms with Gasteiger partial charge in [-0.25, -0.2) is 0 Å². The topological polar surface area (TPSA) is 114 Å². The van der Waals surface area contributed by atoms with Crippen molar-refractivity contribution in [3.63, 3.8) is 0 Å². The molecule has 1 aliphatic carbocycles. The first-order valence-corrected chi connectivity index (χ1v) is 6.45. The summed E-state index contributed by atoms with van der Waals surface area (Å²) in [6, 6.07) is 6.57. The zero-order valence-electron chi connectivity index (χ0n) is 11.1. The molecular formula is C13H18N4O3. The Hall–Kier alpha value is -2.15. The van der Waals surface area contributed by atoms with Crippen molar-refractivity contribution in [1.82, 2.24) is 5.32 Å². The van der Waals surface area contributed by atoms with E-state index in [2.05, 4.69) is 10.5 Å². The molecule has 0 radical (unpaired) electrons. The summed E-state index contributed by atoms with van der Waals surface area (Å²) in [5.74, 6) is 0.250. The summed E-state index contributed by atoms with van der Waals surface area (Å²) >= 11 is 0. The van der Waals surface area contributed by atoms with E-state index in [0.717, 1.165) is 24.9 Å². The second-order valence-electron chi connectivity index (χ2n) is 5.30. The Balaban J connectivity index is 1.84. The molecular weight excluding hydrogens is 260 g/mol. The molecule has 0 saturated heterocycles. The molecule has 2 rings (SSSR count). The first-order valence-electron chi connectivity index (χ1n) is 6.45. The van der Waals surface area contributed by atoms with Crippen LogP contribution in [0, 0.1) is 15.5 Å². The minimum Gasteiger partial charge on any atom is -0.409 e. The van der Waals surface area contributed by atoms with Crippen LogP contribution in [-0.4, -0.2) is 22.5 Å². The Morgan fingerprint density at radius 3 is 2.90 bits per heavy atom. The van der Waals surface area contributed by atoms with E-state index >= 15 is 0 Å². The smallest absolute Gasteiger partial charge is 0.269 e. The van der Waals surface area contributed by atoms with Crippen molar-refractivity contribution in [2.24, 2.45) is 16.3 Å². The molecule has 0 aromatic heterocycles. The van der Waals surface area contributed by atoms with Crippen LogP contribution in [0.1, 0.15) is 24.8 Å². The second-order valence-corrected chi connectivity index (χ2v) is 5.30. The molecule has 20 heavy (non-hydrogen) atoms. The quantitative estimate of drug-likeness (QED) is 0.230. The van der Waals surface area contributed by atoms with Crippen molar-refractivity contribution in [1.29, 1.82) is 0 Å². The normalized spacial score (nSPS) is 16.9. The molecule has 7 nitrogen and oxygen atoms in total. The van der Waals surface area contributed by atoms with Crippen LogP contribution in [0.15, 0.2) is 29.4 Å². The van der Waals surface area contributed by atoms with Crippen LogP contribution in [-0.2, 0) is 6.54 Å². The van der Waals surface area contributed by atoms with Crippen molar-refractivity contribution in [3.05, 3.63) is 39.9 Å². The maximum absolute atomic E-state index is 10.7. The van der Waals surface area contributed by atoms with Crippen molar-refractivity contribution < 1.29 is 10.1 Å². The molecule has 0 amide bonds. The highest BCUT2D eigenvalue weighted by molar-refractivity contribution is 5.80. The largest absolute Gasteiger partial charge is 0.409 e. The third-order valence-electron chi connectivity index (χ3n) is 3.59. The van der Waals surface area contributed by atoms with Gasteiger partial charge in [0, 0.05) is 31.6 Å². The first-order chi connectivity index (χ1) is 9.54. The number of nitrogens with two attached hydrogens (primary N) is 1. The van der Waals surface area contributed by atoms with E-state index in [-0.39, 0.29) is 16.9 Å². The number of non-ortho nitro benzene ring substituents is 1. The summed E-state index contributed by atoms with van der Waals surface area (Å²) < 4.78 is 0. The zero-order chi connectivity index (χ0) is 14.6. The number of nitro groups is 1. The van der Waals surface area contributed by atoms with E-state index in [0.29, 0.717) is 13.0 Å². The summed E-state index contributed by atoms with van der Waals surface area (Å²) in [6.07, 6.45) is 2.67. The monoisotopic (exact) mass is 278 g/mol. The molecule has 1 saturated carbocycles. The molecule has 4 N–H and O–H groups in total. The van der Waals surface area contributed by atoms with E-state index in [9.17, 15) is 10.1 Å². The number of nitrogens with zero attached hydrogens (tertiary/aromatic N) is 2. The molecule has 1 aromatic rings. The molecule has 0 atom stereocenters. The number of hydrogen-bond donors (Lipinski definition) is 3. The standard InChI is InChI=1S/C13H18N4O3/c14-12(16-18)7-13(4-5-13)9-15-8-10-2-1-3-11(6-10)17(19)20/h1-3,6,15,18H,4-5,7-9H2,(H2,14,16). The molecule has 0 bridgehead atoms. The molecule has 1 aromatic carbocycles. The highest BCUT2D eigenvalue weighted by atomic mass is 16.6. The molecule has 108 valence electrons. The average Bonchev–Trinajstić information content (AvgIpc) is 3.18. The molecule has 0 unspecified atom stereocenters. The fourth-order valence-corrected chi connectivity index (χ4v) is 2.26. The third-order valence-corrected chi connectivity index (χ3v) is 3.59. The SMILES string of the molecule is NC(CC1(CNCc2cccc([N+](=O)[O-])c2)CC1)=NO. The highest BCUT2D eigenvalue weighted by Gasteiger charge is 2.42. The van der Waals surface area contributed by atoms with Gasteiger partial charge in [-0.05, 0) is 23.8 Å². The van der Waals surface area contributed by atoms with E-state index in [1.165, 1.54) is 6.07 Å². The predicted octanol–water partition coefficient (Wildman–Crippen LogP) is 1.60. The van der Waals surface area contributed by atoms with Gasteiger partial charge in [-0.1, -0.05) is 17.3 Å². The van der Waals surface area contributed by atoms with E-state index in [1.807, 2.05) is 6.07 Å². The van der Waals surface area contributed by atoms with E-state index in [4.69, 9.17) is 10.9 Å². The van der Waals surface area contributed by atoms with Gasteiger partial charge in [0.05, 0.1) is 4.92 Å². The Morgan fingerprint density at radius 2 is 2.30 bits per heavy atom. The average molecular weight is 278 g/mol. The van der Waals surface area contributed by atoms with Crippen LogP contribution >= 0.6 is 0 Å². The summed E-state index contributed by atoms with van der Waals surface area (Å²) in [6.45, 7) is 1.32. The molecule has 1 fully saturated rings. The van der Waals surface area contributed by atoms with Crippen LogP contribution in [0.3, 0.4) is 0 Å². The van der Waals surface area contributed by atoms with Crippen molar-refractivity contribution in [2.75, 3.05) is 6.54 Å². The number of hydrogen-bond acceptors (Lipinski definition) is 5. The van der Waals surface area contributed by atoms with Crippen LogP contribution in [0.4, 0.5) is 5.69 Å². The Kier molecular flexibility index (Phi) is 4.19. The summed E-state index contributed by atoms with van der Waals surface area (Å²) in [4.78, 5) is 10.3. The van der Waals surface area contributed by atoms with Gasteiger partial charge in [0.2, 0.25) is 0 Å². The van der Waals surface area contributed by atoms with Crippen molar-refractivity contribution in [2.45, 2.75) is 25.8 Å². The van der Waals surface area contributed by atoms with Gasteiger partial charge < -0.3 is 16.3 Å². The lowest BCUT2D eigenvalue weighted by Gasteiger charge is -2.15. The van der Waals surface area contributed by atoms with Gasteiger partial charge in [0.25, 0.3) is 5.69 Å². The molecule has 0 aliphatic heterocycles. The van der Waals surface area contributed by atoms with Gasteiger partial charge in [-0.3, -0.25) is 10.1 Å². The number of benzene rings is 1. The molecule has 1 aliphatic rings. The predicted molar refractivity (Wildman–Crippen MR) is 74.5 cm³/mol. The van der Waals surface area contributed by atoms with Gasteiger partial charge in [0.15, 0.2) is 0 Å². The summed E-state index contributed by atoms with van der Waals surface area (Å²) in [7, 11) is 0. The Bertz CT molecular complexity index is 526. The Morgan fingerprint density at radius 1 is 1.55 bits per heavy atom. The lowest BCUT2D eigenvalue weighted by atomic mass is 10.0. The minimum atomic E-state index is -0.399. The van der Waals surface area contributed by atoms with E-state index in [1.54, 1.807) is 12.1 Å². The fraction of sp³-hybridized carbons (Fsp3) is 0.462. The second kappa shape index (κ2) is 5.87. The zero-order valence-corrected chi connectivity index (χ0v) is 11.1. The molecule has 0 heterocycles. The number of oxime groups is 1. The van der Waals surface area contributed by atoms with Crippen LogP contribution in [0.5, 0.6) is 0 Å². The number of nitro benzene ring substituents is 1. The highest BCUT2D eigenvalue weighted by Crippen LogP contribution is 2.48. The fourth-order valence-electron chi connectivity index (χ4n) is 2.26. The van der Waals surface area contributed by atoms with Gasteiger partial charge in [-0.15, -0.1) is 0 Å². The number of amidine groups is 1. The third kappa shape index (κ3) is 3.67. The number of nitrogens with one attached hydrogen (secondary N) is 1. The lowest BCUT2D eigenvalue weighted by molar-refractivity contribution is -0.384. The Labute approximate surface area is 116 Å². The minimum absolute atomic E-state index is 0.0804. The van der Waals surface area contributed by atoms with Crippen LogP contribution < -0.4 is 11.1 Å². The molecule has 7 heteroatoms. The van der Waals surface area contributed by atoms with Gasteiger partial charge in [0.1, 0.15) is 5.84 Å². The summed E-state index contributed by atoms with van der Waals surface area (Å²) in [5, 5.41) is 25.6. The van der Waals surface area contributed by atoms with Crippen LogP contribution in [0.2, 0.25) is 0 Å². The maximum Gasteiger partial charge on any atom is 0.269 e. The lowest BCUT2D eigenvalue weighted by Crippen LogP contribution is -2.28. The van der Waals surface area contributed by atoms with Gasteiger partial charge >= 0.3 is 0 Å². The first kappa shape index (κ1) is 14.3. The van der Waals surface area contributed by atoms with Gasteiger partial charge in [-0.2, -0.15) is 0 Å². The maximum atomic E-state index is 10.7. The molecule has 0 spiro atoms.